The maximum absolute atomic E-state index is 11.2. The molecule has 19 heavy (non-hydrogen) atoms. The maximum Gasteiger partial charge on any atom is 0.308 e. The third kappa shape index (κ3) is 2.18. The van der Waals surface area contributed by atoms with Gasteiger partial charge in [-0.25, -0.2) is 4.98 Å². The molecule has 0 spiro atoms. The zero-order chi connectivity index (χ0) is 13.4. The number of carbonyl (C=O) groups is 1. The number of rotatable bonds is 2. The van der Waals surface area contributed by atoms with E-state index < -0.39 is 5.97 Å². The molecule has 0 bridgehead atoms. The number of imidazole rings is 1. The van der Waals surface area contributed by atoms with Gasteiger partial charge in [0, 0.05) is 28.5 Å². The van der Waals surface area contributed by atoms with Crippen LogP contribution in [0.2, 0.25) is 0 Å². The molecular weight excluding hydrogens is 308 g/mol. The third-order valence-electron chi connectivity index (χ3n) is 3.55. The first-order valence-corrected chi connectivity index (χ1v) is 6.98. The van der Waals surface area contributed by atoms with Gasteiger partial charge in [-0.15, -0.1) is 0 Å². The van der Waals surface area contributed by atoms with Gasteiger partial charge in [-0.05, 0) is 18.9 Å². The predicted molar refractivity (Wildman–Crippen MR) is 74.8 cm³/mol. The molecule has 2 heterocycles. The molecule has 1 aromatic carbocycles. The topological polar surface area (TPSA) is 55.1 Å². The van der Waals surface area contributed by atoms with E-state index in [1.54, 1.807) is 0 Å². The summed E-state index contributed by atoms with van der Waals surface area (Å²) in [5.74, 6) is -0.200. The Morgan fingerprint density at radius 1 is 1.42 bits per heavy atom. The summed E-state index contributed by atoms with van der Waals surface area (Å²) in [4.78, 5) is 15.6. The minimum Gasteiger partial charge on any atom is -0.481 e. The number of carboxylic acids is 1. The number of hydrogen-bond acceptors (Lipinski definition) is 2. The molecule has 1 aromatic heterocycles. The number of carboxylic acid groups (broad SMARTS) is 1. The second-order valence-corrected chi connectivity index (χ2v) is 5.59. The van der Waals surface area contributed by atoms with E-state index in [4.69, 9.17) is 0 Å². The number of benzene rings is 1. The van der Waals surface area contributed by atoms with Crippen LogP contribution in [-0.2, 0) is 17.8 Å². The fraction of sp³-hybridized carbons (Fsp3) is 0.286. The highest BCUT2D eigenvalue weighted by Crippen LogP contribution is 2.31. The first kappa shape index (κ1) is 12.4. The lowest BCUT2D eigenvalue weighted by molar-refractivity contribution is -0.142. The molecule has 1 aliphatic rings. The summed E-state index contributed by atoms with van der Waals surface area (Å²) in [5.41, 5.74) is 2.11. The monoisotopic (exact) mass is 320 g/mol. The van der Waals surface area contributed by atoms with Crippen LogP contribution in [0, 0.1) is 5.92 Å². The van der Waals surface area contributed by atoms with Crippen molar-refractivity contribution < 1.29 is 9.90 Å². The van der Waals surface area contributed by atoms with Gasteiger partial charge in [0.2, 0.25) is 0 Å². The molecular formula is C14H13BrN2O2. The van der Waals surface area contributed by atoms with Crippen molar-refractivity contribution in [3.63, 3.8) is 0 Å². The Balaban J connectivity index is 2.04. The number of hydrogen-bond donors (Lipinski definition) is 1. The minimum atomic E-state index is -0.725. The summed E-state index contributed by atoms with van der Waals surface area (Å²) in [6.45, 7) is 0.501. The molecule has 0 aliphatic carbocycles. The molecule has 1 atom stereocenters. The number of halogens is 1. The summed E-state index contributed by atoms with van der Waals surface area (Å²) < 4.78 is 3.00. The van der Waals surface area contributed by atoms with Crippen LogP contribution in [0.15, 0.2) is 34.9 Å². The minimum absolute atomic E-state index is 0.317. The summed E-state index contributed by atoms with van der Waals surface area (Å²) in [7, 11) is 0. The van der Waals surface area contributed by atoms with Gasteiger partial charge in [-0.1, -0.05) is 34.1 Å². The van der Waals surface area contributed by atoms with E-state index in [1.807, 2.05) is 35.0 Å². The highest BCUT2D eigenvalue weighted by atomic mass is 79.9. The average Bonchev–Trinajstić information content (AvgIpc) is 2.82. The highest BCUT2D eigenvalue weighted by Gasteiger charge is 2.26. The lowest BCUT2D eigenvalue weighted by atomic mass is 9.98. The fourth-order valence-electron chi connectivity index (χ4n) is 2.51. The first-order chi connectivity index (χ1) is 9.16. The van der Waals surface area contributed by atoms with Gasteiger partial charge < -0.3 is 9.67 Å². The van der Waals surface area contributed by atoms with Gasteiger partial charge in [0.1, 0.15) is 5.82 Å². The van der Waals surface area contributed by atoms with Crippen molar-refractivity contribution in [1.29, 1.82) is 0 Å². The molecule has 0 fully saturated rings. The molecule has 1 N–H and O–H groups in total. The molecule has 98 valence electrons. The Morgan fingerprint density at radius 3 is 2.95 bits per heavy atom. The standard InChI is InChI=1S/C14H13BrN2O2/c15-12-4-2-1-3-11(12)13-16-7-10-6-5-9(14(18)19)8-17(10)13/h1-4,7,9H,5-6,8H2,(H,18,19). The second-order valence-electron chi connectivity index (χ2n) is 4.74. The van der Waals surface area contributed by atoms with Gasteiger partial charge in [-0.3, -0.25) is 4.79 Å². The van der Waals surface area contributed by atoms with Gasteiger partial charge in [-0.2, -0.15) is 0 Å². The molecule has 0 radical (unpaired) electrons. The fourth-order valence-corrected chi connectivity index (χ4v) is 2.97. The molecule has 4 nitrogen and oxygen atoms in total. The van der Waals surface area contributed by atoms with Crippen LogP contribution in [-0.4, -0.2) is 20.6 Å². The van der Waals surface area contributed by atoms with Crippen LogP contribution in [0.1, 0.15) is 12.1 Å². The number of aryl methyl sites for hydroxylation is 1. The van der Waals surface area contributed by atoms with E-state index in [0.717, 1.165) is 28.0 Å². The Labute approximate surface area is 119 Å². The normalized spacial score (nSPS) is 18.1. The van der Waals surface area contributed by atoms with E-state index in [-0.39, 0.29) is 5.92 Å². The molecule has 0 saturated carbocycles. The summed E-state index contributed by atoms with van der Waals surface area (Å²) in [6.07, 6.45) is 3.32. The predicted octanol–water partition coefficient (Wildman–Crippen LogP) is 2.96. The number of aromatic nitrogens is 2. The van der Waals surface area contributed by atoms with Crippen LogP contribution in [0.25, 0.3) is 11.4 Å². The largest absolute Gasteiger partial charge is 0.481 e. The lowest BCUT2D eigenvalue weighted by Crippen LogP contribution is -2.26. The smallest absolute Gasteiger partial charge is 0.308 e. The van der Waals surface area contributed by atoms with Crippen LogP contribution in [0.3, 0.4) is 0 Å². The Kier molecular flexibility index (Phi) is 3.14. The third-order valence-corrected chi connectivity index (χ3v) is 4.25. The van der Waals surface area contributed by atoms with Gasteiger partial charge in [0.25, 0.3) is 0 Å². The van der Waals surface area contributed by atoms with Crippen molar-refractivity contribution in [1.82, 2.24) is 9.55 Å². The molecule has 0 amide bonds. The number of nitrogens with zero attached hydrogens (tertiary/aromatic N) is 2. The van der Waals surface area contributed by atoms with Crippen molar-refractivity contribution in [2.24, 2.45) is 5.92 Å². The molecule has 0 saturated heterocycles. The van der Waals surface area contributed by atoms with Crippen LogP contribution < -0.4 is 0 Å². The SMILES string of the molecule is O=C(O)C1CCc2cnc(-c3ccccc3Br)n2C1. The Bertz CT molecular complexity index is 636. The number of fused-ring (bicyclic) bond motifs is 1. The van der Waals surface area contributed by atoms with Crippen molar-refractivity contribution in [3.05, 3.63) is 40.6 Å². The van der Waals surface area contributed by atoms with Gasteiger partial charge in [0.15, 0.2) is 0 Å². The van der Waals surface area contributed by atoms with Crippen LogP contribution in [0.4, 0.5) is 0 Å². The lowest BCUT2D eigenvalue weighted by Gasteiger charge is -2.22. The summed E-state index contributed by atoms with van der Waals surface area (Å²) in [5, 5.41) is 9.17. The van der Waals surface area contributed by atoms with Gasteiger partial charge >= 0.3 is 5.97 Å². The molecule has 5 heteroatoms. The number of aliphatic carboxylic acids is 1. The summed E-state index contributed by atoms with van der Waals surface area (Å²) in [6, 6.07) is 7.87. The quantitative estimate of drug-likeness (QED) is 0.925. The molecule has 3 rings (SSSR count). The zero-order valence-electron chi connectivity index (χ0n) is 10.2. The average molecular weight is 321 g/mol. The van der Waals surface area contributed by atoms with Crippen molar-refractivity contribution in [3.8, 4) is 11.4 Å². The highest BCUT2D eigenvalue weighted by molar-refractivity contribution is 9.10. The van der Waals surface area contributed by atoms with E-state index in [1.165, 1.54) is 0 Å². The molecule has 1 aliphatic heterocycles. The van der Waals surface area contributed by atoms with Crippen LogP contribution in [0.5, 0.6) is 0 Å². The Hall–Kier alpha value is -1.62. The van der Waals surface area contributed by atoms with E-state index in [2.05, 4.69) is 20.9 Å². The zero-order valence-corrected chi connectivity index (χ0v) is 11.8. The first-order valence-electron chi connectivity index (χ1n) is 6.19. The van der Waals surface area contributed by atoms with Crippen LogP contribution >= 0.6 is 15.9 Å². The molecule has 2 aromatic rings. The second kappa shape index (κ2) is 4.81. The van der Waals surface area contributed by atoms with E-state index in [0.29, 0.717) is 13.0 Å². The van der Waals surface area contributed by atoms with Crippen molar-refractivity contribution in [2.45, 2.75) is 19.4 Å². The van der Waals surface area contributed by atoms with Gasteiger partial charge in [0.05, 0.1) is 5.92 Å². The Morgan fingerprint density at radius 2 is 2.21 bits per heavy atom. The molecule has 1 unspecified atom stereocenters. The van der Waals surface area contributed by atoms with E-state index in [9.17, 15) is 9.90 Å². The van der Waals surface area contributed by atoms with E-state index >= 15 is 0 Å². The summed E-state index contributed by atoms with van der Waals surface area (Å²) >= 11 is 3.52. The van der Waals surface area contributed by atoms with Crippen molar-refractivity contribution in [2.75, 3.05) is 0 Å². The maximum atomic E-state index is 11.2. The van der Waals surface area contributed by atoms with Crippen molar-refractivity contribution >= 4 is 21.9 Å².